The molecule has 0 spiro atoms. The molecule has 1 heterocycles. The van der Waals surface area contributed by atoms with Gasteiger partial charge in [-0.2, -0.15) is 0 Å². The summed E-state index contributed by atoms with van der Waals surface area (Å²) in [5, 5.41) is 3.72. The molecule has 1 aromatic rings. The quantitative estimate of drug-likeness (QED) is 0.918. The third-order valence-corrected chi connectivity index (χ3v) is 4.60. The highest BCUT2D eigenvalue weighted by Gasteiger charge is 2.17. The standard InChI is InChI=1S/C12H15ClFNOS/c13-10-2-1-9(12(14)7-10)8-15-11-3-5-17(16)6-4-11/h1-2,7,11,15H,3-6,8H2. The Balaban J connectivity index is 1.87. The van der Waals surface area contributed by atoms with Crippen LogP contribution in [0.3, 0.4) is 0 Å². The van der Waals surface area contributed by atoms with Gasteiger partial charge in [0.1, 0.15) is 5.82 Å². The monoisotopic (exact) mass is 275 g/mol. The normalized spacial score (nSPS) is 24.8. The lowest BCUT2D eigenvalue weighted by atomic mass is 10.1. The maximum atomic E-state index is 13.5. The third kappa shape index (κ3) is 3.76. The molecule has 5 heteroatoms. The zero-order chi connectivity index (χ0) is 12.3. The first kappa shape index (κ1) is 13.0. The molecule has 0 atom stereocenters. The number of hydrogen-bond acceptors (Lipinski definition) is 2. The van der Waals surface area contributed by atoms with Gasteiger partial charge in [0.25, 0.3) is 0 Å². The number of rotatable bonds is 3. The Kier molecular flexibility index (Phi) is 4.54. The molecule has 0 aliphatic carbocycles. The average Bonchev–Trinajstić information content (AvgIpc) is 2.30. The first-order chi connectivity index (χ1) is 8.15. The SMILES string of the molecule is O=S1CCC(NCc2ccc(Cl)cc2F)CC1. The average molecular weight is 276 g/mol. The van der Waals surface area contributed by atoms with Crippen LogP contribution < -0.4 is 5.32 Å². The molecule has 0 amide bonds. The smallest absolute Gasteiger partial charge is 0.129 e. The molecule has 0 bridgehead atoms. The van der Waals surface area contributed by atoms with Gasteiger partial charge in [-0.05, 0) is 25.0 Å². The van der Waals surface area contributed by atoms with Crippen molar-refractivity contribution in [2.45, 2.75) is 25.4 Å². The number of halogens is 2. The molecule has 0 aromatic heterocycles. The van der Waals surface area contributed by atoms with Gasteiger partial charge in [0, 0.05) is 45.5 Å². The zero-order valence-corrected chi connectivity index (χ0v) is 11.0. The fourth-order valence-corrected chi connectivity index (χ4v) is 3.38. The van der Waals surface area contributed by atoms with Crippen LogP contribution in [0.25, 0.3) is 0 Å². The van der Waals surface area contributed by atoms with Gasteiger partial charge in [-0.1, -0.05) is 17.7 Å². The van der Waals surface area contributed by atoms with Gasteiger partial charge in [-0.3, -0.25) is 4.21 Å². The van der Waals surface area contributed by atoms with Crippen molar-refractivity contribution < 1.29 is 8.60 Å². The summed E-state index contributed by atoms with van der Waals surface area (Å²) >= 11 is 5.69. The second-order valence-electron chi connectivity index (χ2n) is 4.24. The molecule has 0 radical (unpaired) electrons. The van der Waals surface area contributed by atoms with Crippen LogP contribution in [0.15, 0.2) is 18.2 Å². The molecule has 2 rings (SSSR count). The van der Waals surface area contributed by atoms with E-state index >= 15 is 0 Å². The van der Waals surface area contributed by atoms with Crippen molar-refractivity contribution in [3.05, 3.63) is 34.6 Å². The fourth-order valence-electron chi connectivity index (χ4n) is 1.92. The van der Waals surface area contributed by atoms with Crippen LogP contribution in [0.2, 0.25) is 5.02 Å². The van der Waals surface area contributed by atoms with Crippen LogP contribution in [0.4, 0.5) is 4.39 Å². The first-order valence-electron chi connectivity index (χ1n) is 5.67. The second kappa shape index (κ2) is 5.94. The van der Waals surface area contributed by atoms with Crippen molar-refractivity contribution in [3.8, 4) is 0 Å². The van der Waals surface area contributed by atoms with Crippen LogP contribution >= 0.6 is 11.6 Å². The number of hydrogen-bond donors (Lipinski definition) is 1. The molecule has 1 aliphatic heterocycles. The minimum absolute atomic E-state index is 0.274. The minimum Gasteiger partial charge on any atom is -0.310 e. The van der Waals surface area contributed by atoms with Crippen molar-refractivity contribution >= 4 is 22.4 Å². The van der Waals surface area contributed by atoms with E-state index in [2.05, 4.69) is 5.32 Å². The van der Waals surface area contributed by atoms with Crippen LogP contribution in [0.5, 0.6) is 0 Å². The summed E-state index contributed by atoms with van der Waals surface area (Å²) in [6, 6.07) is 5.07. The largest absolute Gasteiger partial charge is 0.310 e. The van der Waals surface area contributed by atoms with Crippen molar-refractivity contribution in [2.24, 2.45) is 0 Å². The fraction of sp³-hybridized carbons (Fsp3) is 0.500. The van der Waals surface area contributed by atoms with Gasteiger partial charge in [0.15, 0.2) is 0 Å². The zero-order valence-electron chi connectivity index (χ0n) is 9.42. The molecular weight excluding hydrogens is 261 g/mol. The van der Waals surface area contributed by atoms with Crippen molar-refractivity contribution in [1.29, 1.82) is 0 Å². The molecular formula is C12H15ClFNOS. The van der Waals surface area contributed by atoms with E-state index in [9.17, 15) is 8.60 Å². The van der Waals surface area contributed by atoms with E-state index in [-0.39, 0.29) is 5.82 Å². The Bertz CT molecular complexity index is 417. The lowest BCUT2D eigenvalue weighted by molar-refractivity contribution is 0.467. The van der Waals surface area contributed by atoms with Crippen molar-refractivity contribution in [2.75, 3.05) is 11.5 Å². The molecule has 1 aromatic carbocycles. The second-order valence-corrected chi connectivity index (χ2v) is 6.37. The summed E-state index contributed by atoms with van der Waals surface area (Å²) in [4.78, 5) is 0. The minimum atomic E-state index is -0.648. The Morgan fingerprint density at radius 3 is 2.76 bits per heavy atom. The van der Waals surface area contributed by atoms with Gasteiger partial charge in [-0.15, -0.1) is 0 Å². The van der Waals surface area contributed by atoms with Crippen LogP contribution in [0, 0.1) is 5.82 Å². The number of nitrogens with one attached hydrogen (secondary N) is 1. The topological polar surface area (TPSA) is 29.1 Å². The van der Waals surface area contributed by atoms with Crippen molar-refractivity contribution in [1.82, 2.24) is 5.32 Å². The van der Waals surface area contributed by atoms with E-state index in [0.717, 1.165) is 24.3 Å². The van der Waals surface area contributed by atoms with Crippen molar-refractivity contribution in [3.63, 3.8) is 0 Å². The highest BCUT2D eigenvalue weighted by Crippen LogP contribution is 2.15. The third-order valence-electron chi connectivity index (χ3n) is 2.98. The molecule has 0 saturated carbocycles. The number of benzene rings is 1. The van der Waals surface area contributed by atoms with Gasteiger partial charge < -0.3 is 5.32 Å². The van der Waals surface area contributed by atoms with Crippen LogP contribution in [-0.2, 0) is 17.3 Å². The summed E-state index contributed by atoms with van der Waals surface area (Å²) in [7, 11) is -0.648. The van der Waals surface area contributed by atoms with Crippen LogP contribution in [0.1, 0.15) is 18.4 Å². The summed E-state index contributed by atoms with van der Waals surface area (Å²) in [5.41, 5.74) is 0.626. The summed E-state index contributed by atoms with van der Waals surface area (Å²) in [6.07, 6.45) is 1.81. The van der Waals surface area contributed by atoms with Gasteiger partial charge >= 0.3 is 0 Å². The molecule has 2 nitrogen and oxygen atoms in total. The van der Waals surface area contributed by atoms with E-state index in [1.807, 2.05) is 0 Å². The van der Waals surface area contributed by atoms with E-state index in [1.54, 1.807) is 12.1 Å². The summed E-state index contributed by atoms with van der Waals surface area (Å²) in [5.74, 6) is 1.23. The summed E-state index contributed by atoms with van der Waals surface area (Å²) in [6.45, 7) is 0.500. The first-order valence-corrected chi connectivity index (χ1v) is 7.54. The molecule has 0 unspecified atom stereocenters. The highest BCUT2D eigenvalue weighted by molar-refractivity contribution is 7.85. The van der Waals surface area contributed by atoms with Gasteiger partial charge in [0.2, 0.25) is 0 Å². The van der Waals surface area contributed by atoms with E-state index in [1.165, 1.54) is 6.07 Å². The lowest BCUT2D eigenvalue weighted by Gasteiger charge is -2.22. The maximum absolute atomic E-state index is 13.5. The predicted molar refractivity (Wildman–Crippen MR) is 69.1 cm³/mol. The Morgan fingerprint density at radius 2 is 2.12 bits per heavy atom. The molecule has 1 saturated heterocycles. The molecule has 1 N–H and O–H groups in total. The van der Waals surface area contributed by atoms with Gasteiger partial charge in [-0.25, -0.2) is 4.39 Å². The lowest BCUT2D eigenvalue weighted by Crippen LogP contribution is -2.35. The molecule has 94 valence electrons. The van der Waals surface area contributed by atoms with E-state index in [0.29, 0.717) is 23.2 Å². The Morgan fingerprint density at radius 1 is 1.41 bits per heavy atom. The molecule has 1 aliphatic rings. The predicted octanol–water partition coefficient (Wildman–Crippen LogP) is 2.48. The molecule has 17 heavy (non-hydrogen) atoms. The highest BCUT2D eigenvalue weighted by atomic mass is 35.5. The van der Waals surface area contributed by atoms with Gasteiger partial charge in [0.05, 0.1) is 0 Å². The summed E-state index contributed by atoms with van der Waals surface area (Å²) < 4.78 is 24.7. The maximum Gasteiger partial charge on any atom is 0.129 e. The molecule has 1 fully saturated rings. The van der Waals surface area contributed by atoms with E-state index < -0.39 is 10.8 Å². The van der Waals surface area contributed by atoms with Crippen LogP contribution in [-0.4, -0.2) is 21.8 Å². The van der Waals surface area contributed by atoms with E-state index in [4.69, 9.17) is 11.6 Å². The Hall–Kier alpha value is -0.450. The Labute approximate surface area is 108 Å².